The second-order valence-corrected chi connectivity index (χ2v) is 9.94. The molecule has 192 valence electrons. The van der Waals surface area contributed by atoms with Crippen molar-refractivity contribution in [3.63, 3.8) is 0 Å². The van der Waals surface area contributed by atoms with E-state index in [2.05, 4.69) is 60.0 Å². The summed E-state index contributed by atoms with van der Waals surface area (Å²) in [7, 11) is 1.72. The van der Waals surface area contributed by atoms with Crippen LogP contribution in [0.2, 0.25) is 0 Å². The molecule has 2 N–H and O–H groups in total. The van der Waals surface area contributed by atoms with Gasteiger partial charge in [-0.3, -0.25) is 0 Å². The number of amidine groups is 1. The summed E-state index contributed by atoms with van der Waals surface area (Å²) in [4.78, 5) is 5.21. The molecule has 3 aromatic rings. The number of hydrogen-bond acceptors (Lipinski definition) is 4. The van der Waals surface area contributed by atoms with Gasteiger partial charge in [-0.25, -0.2) is 9.38 Å². The summed E-state index contributed by atoms with van der Waals surface area (Å²) < 4.78 is 19.9. The van der Waals surface area contributed by atoms with Gasteiger partial charge in [-0.15, -0.1) is 0 Å². The number of nitrogens with one attached hydrogen (secondary N) is 2. The minimum absolute atomic E-state index is 0.0231. The fraction of sp³-hybridized carbons (Fsp3) is 0.344. The zero-order valence-corrected chi connectivity index (χ0v) is 21.8. The third-order valence-electron chi connectivity index (χ3n) is 7.56. The van der Waals surface area contributed by atoms with Gasteiger partial charge in [0, 0.05) is 36.7 Å². The first-order chi connectivity index (χ1) is 18.2. The Bertz CT molecular complexity index is 1280. The topological polar surface area (TPSA) is 45.7 Å². The number of allylic oxidation sites excluding steroid dienone is 1. The number of rotatable bonds is 9. The van der Waals surface area contributed by atoms with E-state index in [0.29, 0.717) is 5.92 Å². The summed E-state index contributed by atoms with van der Waals surface area (Å²) >= 11 is 0. The van der Waals surface area contributed by atoms with Crippen LogP contribution in [-0.4, -0.2) is 32.6 Å². The highest BCUT2D eigenvalue weighted by Crippen LogP contribution is 2.47. The molecule has 2 unspecified atom stereocenters. The van der Waals surface area contributed by atoms with Crippen LogP contribution in [0.1, 0.15) is 54.4 Å². The summed E-state index contributed by atoms with van der Waals surface area (Å²) in [5.41, 5.74) is 7.82. The maximum absolute atomic E-state index is 14.8. The van der Waals surface area contributed by atoms with Gasteiger partial charge in [0.2, 0.25) is 0 Å². The molecule has 0 saturated heterocycles. The highest BCUT2D eigenvalue weighted by Gasteiger charge is 2.33. The number of nitrogens with zero attached hydrogens (tertiary/aromatic N) is 1. The van der Waals surface area contributed by atoms with Crippen molar-refractivity contribution in [1.29, 1.82) is 0 Å². The summed E-state index contributed by atoms with van der Waals surface area (Å²) in [5.74, 6) is 1.23. The molecular weight excluding hydrogens is 461 g/mol. The van der Waals surface area contributed by atoms with Crippen LogP contribution in [0, 0.1) is 11.7 Å². The number of benzene rings is 3. The molecule has 5 rings (SSSR count). The van der Waals surface area contributed by atoms with Crippen molar-refractivity contribution in [2.75, 3.05) is 32.1 Å². The summed E-state index contributed by atoms with van der Waals surface area (Å²) in [6.45, 7) is 4.76. The van der Waals surface area contributed by atoms with E-state index in [1.54, 1.807) is 19.2 Å². The predicted molar refractivity (Wildman–Crippen MR) is 151 cm³/mol. The first-order valence-electron chi connectivity index (χ1n) is 13.4. The van der Waals surface area contributed by atoms with E-state index < -0.39 is 0 Å². The maximum atomic E-state index is 14.8. The molecule has 0 radical (unpaired) electrons. The van der Waals surface area contributed by atoms with Crippen LogP contribution in [0.4, 0.5) is 10.1 Å². The Morgan fingerprint density at radius 2 is 1.68 bits per heavy atom. The first-order valence-corrected chi connectivity index (χ1v) is 13.4. The zero-order chi connectivity index (χ0) is 25.6. The molecule has 1 heterocycles. The SMILES string of the molecule is CCC1CC2=C(N=C1Nc1ccc(CCNCCOC)cc1)c1ccccc1C(c1ccccc1F)C2. The number of methoxy groups -OCH3 is 1. The van der Waals surface area contributed by atoms with Crippen molar-refractivity contribution >= 4 is 17.2 Å². The molecule has 0 aromatic heterocycles. The van der Waals surface area contributed by atoms with Crippen LogP contribution in [0.5, 0.6) is 0 Å². The molecule has 2 atom stereocenters. The molecule has 37 heavy (non-hydrogen) atoms. The zero-order valence-electron chi connectivity index (χ0n) is 21.8. The van der Waals surface area contributed by atoms with E-state index in [9.17, 15) is 4.39 Å². The van der Waals surface area contributed by atoms with E-state index in [1.807, 2.05) is 18.2 Å². The van der Waals surface area contributed by atoms with Crippen molar-refractivity contribution in [2.45, 2.75) is 38.5 Å². The second-order valence-electron chi connectivity index (χ2n) is 9.94. The average molecular weight is 498 g/mol. The van der Waals surface area contributed by atoms with Crippen LogP contribution in [0.25, 0.3) is 5.70 Å². The molecule has 2 aliphatic rings. The van der Waals surface area contributed by atoms with Crippen LogP contribution in [-0.2, 0) is 11.2 Å². The number of halogens is 1. The minimum atomic E-state index is -0.130. The fourth-order valence-corrected chi connectivity index (χ4v) is 5.52. The monoisotopic (exact) mass is 497 g/mol. The van der Waals surface area contributed by atoms with Gasteiger partial charge in [-0.05, 0) is 72.7 Å². The maximum Gasteiger partial charge on any atom is 0.127 e. The van der Waals surface area contributed by atoms with Gasteiger partial charge in [0.15, 0.2) is 0 Å². The number of anilines is 1. The van der Waals surface area contributed by atoms with E-state index in [0.717, 1.165) is 79.3 Å². The van der Waals surface area contributed by atoms with Gasteiger partial charge in [-0.2, -0.15) is 0 Å². The van der Waals surface area contributed by atoms with Crippen LogP contribution >= 0.6 is 0 Å². The molecule has 0 amide bonds. The second kappa shape index (κ2) is 11.8. The molecular formula is C32H36FN3O. The number of ether oxygens (including phenoxy) is 1. The lowest BCUT2D eigenvalue weighted by Gasteiger charge is -2.34. The lowest BCUT2D eigenvalue weighted by Crippen LogP contribution is -2.28. The van der Waals surface area contributed by atoms with Crippen LogP contribution < -0.4 is 10.6 Å². The van der Waals surface area contributed by atoms with Crippen molar-refractivity contribution < 1.29 is 9.13 Å². The Kier molecular flexibility index (Phi) is 8.12. The molecule has 1 aliphatic carbocycles. The molecule has 0 saturated carbocycles. The summed E-state index contributed by atoms with van der Waals surface area (Å²) in [6, 6.07) is 24.2. The lowest BCUT2D eigenvalue weighted by atomic mass is 9.74. The van der Waals surface area contributed by atoms with Gasteiger partial charge in [-0.1, -0.05) is 61.5 Å². The Morgan fingerprint density at radius 3 is 2.43 bits per heavy atom. The van der Waals surface area contributed by atoms with E-state index in [4.69, 9.17) is 9.73 Å². The summed E-state index contributed by atoms with van der Waals surface area (Å²) in [6.07, 6.45) is 3.74. The predicted octanol–water partition coefficient (Wildman–Crippen LogP) is 6.79. The largest absolute Gasteiger partial charge is 0.383 e. The van der Waals surface area contributed by atoms with Crippen LogP contribution in [0.15, 0.2) is 83.4 Å². The highest BCUT2D eigenvalue weighted by atomic mass is 19.1. The van der Waals surface area contributed by atoms with Gasteiger partial charge in [0.05, 0.1) is 12.3 Å². The number of aliphatic imine (C=N–C) groups is 1. The minimum Gasteiger partial charge on any atom is -0.383 e. The Hall–Kier alpha value is -3.28. The first kappa shape index (κ1) is 25.4. The van der Waals surface area contributed by atoms with E-state index in [-0.39, 0.29) is 11.7 Å². The highest BCUT2D eigenvalue weighted by molar-refractivity contribution is 6.02. The fourth-order valence-electron chi connectivity index (χ4n) is 5.52. The quantitative estimate of drug-likeness (QED) is 0.320. The third kappa shape index (κ3) is 5.68. The van der Waals surface area contributed by atoms with Gasteiger partial charge in [0.1, 0.15) is 11.7 Å². The molecule has 5 heteroatoms. The van der Waals surface area contributed by atoms with Crippen LogP contribution in [0.3, 0.4) is 0 Å². The van der Waals surface area contributed by atoms with E-state index >= 15 is 0 Å². The Labute approximate surface area is 219 Å². The summed E-state index contributed by atoms with van der Waals surface area (Å²) in [5, 5.41) is 7.03. The molecule has 4 nitrogen and oxygen atoms in total. The normalized spacial score (nSPS) is 18.7. The number of hydrogen-bond donors (Lipinski definition) is 2. The van der Waals surface area contributed by atoms with Crippen molar-refractivity contribution in [2.24, 2.45) is 10.9 Å². The van der Waals surface area contributed by atoms with Gasteiger partial charge < -0.3 is 15.4 Å². The average Bonchev–Trinajstić information content (AvgIpc) is 2.93. The van der Waals surface area contributed by atoms with Gasteiger partial charge in [0.25, 0.3) is 0 Å². The van der Waals surface area contributed by atoms with E-state index in [1.165, 1.54) is 11.1 Å². The lowest BCUT2D eigenvalue weighted by molar-refractivity contribution is 0.199. The van der Waals surface area contributed by atoms with Crippen molar-refractivity contribution in [3.05, 3.63) is 106 Å². The number of fused-ring (bicyclic) bond motifs is 2. The van der Waals surface area contributed by atoms with Crippen molar-refractivity contribution in [1.82, 2.24) is 5.32 Å². The van der Waals surface area contributed by atoms with Gasteiger partial charge >= 0.3 is 0 Å². The molecule has 0 spiro atoms. The molecule has 0 fully saturated rings. The molecule has 1 aliphatic heterocycles. The Morgan fingerprint density at radius 1 is 0.919 bits per heavy atom. The van der Waals surface area contributed by atoms with Crippen molar-refractivity contribution in [3.8, 4) is 0 Å². The smallest absolute Gasteiger partial charge is 0.127 e. The molecule has 3 aromatic carbocycles. The third-order valence-corrected chi connectivity index (χ3v) is 7.56. The standard InChI is InChI=1S/C32H36FN3O/c1-3-23-20-24-21-29(27-9-6-7-11-30(27)33)26-8-4-5-10-28(26)31(24)36-32(23)35-25-14-12-22(13-15-25)16-17-34-18-19-37-2/h4-15,23,29,34H,3,16-21H2,1-2H3,(H,35,36). The Balaban J connectivity index is 1.37. The molecule has 0 bridgehead atoms.